The number of carbonyl (C=O) groups excluding carboxylic acids is 1. The average Bonchev–Trinajstić information content (AvgIpc) is 2.23. The first-order valence-corrected chi connectivity index (χ1v) is 3.72. The van der Waals surface area contributed by atoms with Gasteiger partial charge in [-0.25, -0.2) is 5.48 Å². The first kappa shape index (κ1) is 13.2. The summed E-state index contributed by atoms with van der Waals surface area (Å²) in [5.74, 6) is -1.33. The van der Waals surface area contributed by atoms with Crippen molar-refractivity contribution in [1.29, 1.82) is 0 Å². The number of rotatable bonds is 5. The van der Waals surface area contributed by atoms with Gasteiger partial charge in [-0.1, -0.05) is 0 Å². The Morgan fingerprint density at radius 2 is 1.64 bits per heavy atom. The second-order valence-corrected chi connectivity index (χ2v) is 2.65. The van der Waals surface area contributed by atoms with Crippen molar-refractivity contribution in [3.63, 3.8) is 0 Å². The van der Waals surface area contributed by atoms with Crippen molar-refractivity contribution in [1.82, 2.24) is 5.48 Å². The minimum absolute atomic E-state index is 0.842. The number of nitrogens with one attached hydrogen (secondary N) is 1. The van der Waals surface area contributed by atoms with Gasteiger partial charge >= 0.3 is 0 Å². The van der Waals surface area contributed by atoms with Gasteiger partial charge in [0.05, 0.1) is 6.61 Å². The van der Waals surface area contributed by atoms with Crippen LogP contribution in [0.5, 0.6) is 0 Å². The van der Waals surface area contributed by atoms with E-state index in [1.54, 1.807) is 0 Å². The van der Waals surface area contributed by atoms with E-state index < -0.39 is 36.9 Å². The number of aliphatic hydroxyl groups is 5. The molecule has 0 saturated heterocycles. The quantitative estimate of drug-likeness (QED) is 0.180. The fraction of sp³-hybridized carbons (Fsp3) is 0.833. The average molecular weight is 211 g/mol. The molecule has 0 fully saturated rings. The summed E-state index contributed by atoms with van der Waals surface area (Å²) >= 11 is 0. The monoisotopic (exact) mass is 211 g/mol. The van der Waals surface area contributed by atoms with E-state index in [1.807, 2.05) is 0 Å². The highest BCUT2D eigenvalue weighted by Crippen LogP contribution is 2.04. The van der Waals surface area contributed by atoms with Crippen molar-refractivity contribution in [3.8, 4) is 0 Å². The largest absolute Gasteiger partial charge is 0.394 e. The summed E-state index contributed by atoms with van der Waals surface area (Å²) in [5, 5.41) is 52.3. The minimum atomic E-state index is -2.10. The van der Waals surface area contributed by atoms with Crippen molar-refractivity contribution in [3.05, 3.63) is 0 Å². The first-order valence-electron chi connectivity index (χ1n) is 3.72. The Morgan fingerprint density at radius 1 is 1.14 bits per heavy atom. The summed E-state index contributed by atoms with van der Waals surface area (Å²) < 4.78 is 0. The Labute approximate surface area is 79.0 Å². The van der Waals surface area contributed by atoms with E-state index in [2.05, 4.69) is 0 Å². The SMILES string of the molecule is O=C(NO)[C@@H](O)[C@@H](O)[C@H](O)[C@H](O)CO. The van der Waals surface area contributed by atoms with Gasteiger partial charge in [0.25, 0.3) is 5.91 Å². The summed E-state index contributed by atoms with van der Waals surface area (Å²) in [6.07, 6.45) is -7.70. The molecular formula is C6H13NO7. The predicted octanol–water partition coefficient (Wildman–Crippen LogP) is -4.07. The van der Waals surface area contributed by atoms with Crippen molar-refractivity contribution in [2.45, 2.75) is 24.4 Å². The lowest BCUT2D eigenvalue weighted by Crippen LogP contribution is -2.51. The highest BCUT2D eigenvalue weighted by atomic mass is 16.5. The lowest BCUT2D eigenvalue weighted by molar-refractivity contribution is -0.156. The predicted molar refractivity (Wildman–Crippen MR) is 41.0 cm³/mol. The molecule has 0 spiro atoms. The standard InChI is InChI=1S/C6H13NO7/c8-1-2(9)3(10)4(11)5(12)6(13)7-14/h2-5,8-12,14H,1H2,(H,7,13)/t2-,3-,4+,5+/m1/s1. The lowest BCUT2D eigenvalue weighted by Gasteiger charge is -2.24. The van der Waals surface area contributed by atoms with Crippen molar-refractivity contribution in [2.24, 2.45) is 0 Å². The summed E-state index contributed by atoms with van der Waals surface area (Å²) in [6, 6.07) is 0. The van der Waals surface area contributed by atoms with Crippen LogP contribution in [0.1, 0.15) is 0 Å². The van der Waals surface area contributed by atoms with Crippen LogP contribution in [0.25, 0.3) is 0 Å². The molecule has 0 rings (SSSR count). The molecule has 0 unspecified atom stereocenters. The summed E-state index contributed by atoms with van der Waals surface area (Å²) in [5.41, 5.74) is 1.05. The van der Waals surface area contributed by atoms with Crippen molar-refractivity contribution >= 4 is 5.91 Å². The lowest BCUT2D eigenvalue weighted by atomic mass is 10.0. The molecule has 0 saturated carbocycles. The number of hydroxylamine groups is 1. The van der Waals surface area contributed by atoms with E-state index in [1.165, 1.54) is 0 Å². The Morgan fingerprint density at radius 3 is 2.00 bits per heavy atom. The van der Waals surface area contributed by atoms with Gasteiger partial charge in [-0.05, 0) is 0 Å². The van der Waals surface area contributed by atoms with Crippen LogP contribution in [0, 0.1) is 0 Å². The number of hydrogen-bond donors (Lipinski definition) is 7. The Hall–Kier alpha value is -0.770. The van der Waals surface area contributed by atoms with Gasteiger partial charge in [0.15, 0.2) is 6.10 Å². The van der Waals surface area contributed by atoms with Crippen LogP contribution in [0.15, 0.2) is 0 Å². The fourth-order valence-corrected chi connectivity index (χ4v) is 0.744. The number of carbonyl (C=O) groups is 1. The maximum atomic E-state index is 10.5. The maximum Gasteiger partial charge on any atom is 0.274 e. The molecule has 84 valence electrons. The van der Waals surface area contributed by atoms with Crippen LogP contribution >= 0.6 is 0 Å². The third kappa shape index (κ3) is 3.18. The Kier molecular flexibility index (Phi) is 5.53. The first-order chi connectivity index (χ1) is 6.45. The number of hydrogen-bond acceptors (Lipinski definition) is 7. The smallest absolute Gasteiger partial charge is 0.274 e. The van der Waals surface area contributed by atoms with Crippen molar-refractivity contribution in [2.75, 3.05) is 6.61 Å². The third-order valence-electron chi connectivity index (χ3n) is 1.63. The van der Waals surface area contributed by atoms with Gasteiger partial charge in [0.1, 0.15) is 18.3 Å². The second-order valence-electron chi connectivity index (χ2n) is 2.65. The molecule has 0 aliphatic carbocycles. The van der Waals surface area contributed by atoms with E-state index in [0.29, 0.717) is 0 Å². The van der Waals surface area contributed by atoms with Crippen LogP contribution in [0.4, 0.5) is 0 Å². The highest BCUT2D eigenvalue weighted by molar-refractivity contribution is 5.79. The highest BCUT2D eigenvalue weighted by Gasteiger charge is 2.33. The van der Waals surface area contributed by atoms with Gasteiger partial charge in [-0.3, -0.25) is 10.0 Å². The van der Waals surface area contributed by atoms with E-state index in [0.717, 1.165) is 5.48 Å². The molecular weight excluding hydrogens is 198 g/mol. The molecule has 0 aromatic heterocycles. The minimum Gasteiger partial charge on any atom is -0.394 e. The zero-order valence-electron chi connectivity index (χ0n) is 7.11. The summed E-state index contributed by atoms with van der Waals surface area (Å²) in [6.45, 7) is -0.842. The molecule has 4 atom stereocenters. The summed E-state index contributed by atoms with van der Waals surface area (Å²) in [4.78, 5) is 10.5. The van der Waals surface area contributed by atoms with Crippen LogP contribution in [-0.2, 0) is 4.79 Å². The molecule has 8 heteroatoms. The molecule has 0 radical (unpaired) electrons. The molecule has 0 bridgehead atoms. The molecule has 0 aromatic rings. The Bertz CT molecular complexity index is 187. The van der Waals surface area contributed by atoms with Crippen molar-refractivity contribution < 1.29 is 35.5 Å². The van der Waals surface area contributed by atoms with Gasteiger partial charge in [0, 0.05) is 0 Å². The van der Waals surface area contributed by atoms with E-state index in [4.69, 9.17) is 30.7 Å². The van der Waals surface area contributed by atoms with Gasteiger partial charge in [-0.15, -0.1) is 0 Å². The van der Waals surface area contributed by atoms with Crippen LogP contribution in [-0.4, -0.2) is 67.7 Å². The maximum absolute atomic E-state index is 10.5. The second kappa shape index (κ2) is 5.86. The number of amides is 1. The van der Waals surface area contributed by atoms with Crippen LogP contribution in [0.3, 0.4) is 0 Å². The van der Waals surface area contributed by atoms with E-state index in [-0.39, 0.29) is 0 Å². The van der Waals surface area contributed by atoms with Gasteiger partial charge < -0.3 is 25.5 Å². The van der Waals surface area contributed by atoms with Gasteiger partial charge in [0.2, 0.25) is 0 Å². The molecule has 1 amide bonds. The van der Waals surface area contributed by atoms with E-state index in [9.17, 15) is 4.79 Å². The van der Waals surface area contributed by atoms with Crippen LogP contribution < -0.4 is 5.48 Å². The fourth-order valence-electron chi connectivity index (χ4n) is 0.744. The van der Waals surface area contributed by atoms with Crippen LogP contribution in [0.2, 0.25) is 0 Å². The molecule has 0 aliphatic rings. The summed E-state index contributed by atoms with van der Waals surface area (Å²) in [7, 11) is 0. The van der Waals surface area contributed by atoms with E-state index >= 15 is 0 Å². The Balaban J connectivity index is 4.30. The molecule has 0 aliphatic heterocycles. The molecule has 8 nitrogen and oxygen atoms in total. The normalized spacial score (nSPS) is 19.6. The molecule has 0 heterocycles. The molecule has 14 heavy (non-hydrogen) atoms. The topological polar surface area (TPSA) is 150 Å². The molecule has 0 aromatic carbocycles. The zero-order valence-corrected chi connectivity index (χ0v) is 7.11. The zero-order chi connectivity index (χ0) is 11.3. The third-order valence-corrected chi connectivity index (χ3v) is 1.63. The number of aliphatic hydroxyl groups excluding tert-OH is 5. The van der Waals surface area contributed by atoms with Gasteiger partial charge in [-0.2, -0.15) is 0 Å². The molecule has 7 N–H and O–H groups in total.